The van der Waals surface area contributed by atoms with E-state index in [-0.39, 0.29) is 0 Å². The molecule has 0 spiro atoms. The number of hydrogen-bond acceptors (Lipinski definition) is 2. The number of aryl methyl sites for hydroxylation is 2. The van der Waals surface area contributed by atoms with Crippen molar-refractivity contribution in [1.82, 2.24) is 4.57 Å². The van der Waals surface area contributed by atoms with Crippen molar-refractivity contribution in [3.05, 3.63) is 35.5 Å². The van der Waals surface area contributed by atoms with Crippen LogP contribution in [0.1, 0.15) is 17.7 Å². The molecule has 3 rings (SSSR count). The van der Waals surface area contributed by atoms with Crippen LogP contribution in [0.3, 0.4) is 0 Å². The SMILES string of the molecule is Cc1c2n(c3ccccc13)CC/C2=N/O. The lowest BCUT2D eigenvalue weighted by molar-refractivity contribution is 0.318. The minimum atomic E-state index is 0.809. The van der Waals surface area contributed by atoms with Gasteiger partial charge in [-0.2, -0.15) is 0 Å². The minimum Gasteiger partial charge on any atom is -0.411 e. The topological polar surface area (TPSA) is 37.5 Å². The molecular formula is C12H12N2O. The van der Waals surface area contributed by atoms with Crippen LogP contribution in [-0.2, 0) is 6.54 Å². The number of oxime groups is 1. The minimum absolute atomic E-state index is 0.809. The predicted octanol–water partition coefficient (Wildman–Crippen LogP) is 2.53. The maximum absolute atomic E-state index is 8.94. The zero-order valence-corrected chi connectivity index (χ0v) is 8.57. The highest BCUT2D eigenvalue weighted by molar-refractivity contribution is 6.07. The normalized spacial score (nSPS) is 17.5. The van der Waals surface area contributed by atoms with E-state index in [2.05, 4.69) is 28.8 Å². The average Bonchev–Trinajstić information content (AvgIpc) is 2.81. The predicted molar refractivity (Wildman–Crippen MR) is 59.6 cm³/mol. The third kappa shape index (κ3) is 0.975. The quantitative estimate of drug-likeness (QED) is 0.515. The van der Waals surface area contributed by atoms with E-state index in [0.717, 1.165) is 24.4 Å². The van der Waals surface area contributed by atoms with Gasteiger partial charge in [0.2, 0.25) is 0 Å². The maximum Gasteiger partial charge on any atom is 0.105 e. The van der Waals surface area contributed by atoms with E-state index in [0.29, 0.717) is 0 Å². The molecule has 0 saturated heterocycles. The van der Waals surface area contributed by atoms with E-state index in [9.17, 15) is 0 Å². The summed E-state index contributed by atoms with van der Waals surface area (Å²) in [6.45, 7) is 3.01. The summed E-state index contributed by atoms with van der Waals surface area (Å²) in [4.78, 5) is 0. The van der Waals surface area contributed by atoms with Crippen molar-refractivity contribution in [3.63, 3.8) is 0 Å². The lowest BCUT2D eigenvalue weighted by Gasteiger charge is -1.97. The number of para-hydroxylation sites is 1. The van der Waals surface area contributed by atoms with Crippen LogP contribution in [0.5, 0.6) is 0 Å². The third-order valence-corrected chi connectivity index (χ3v) is 3.19. The van der Waals surface area contributed by atoms with Crippen molar-refractivity contribution in [2.24, 2.45) is 5.16 Å². The molecule has 0 aliphatic carbocycles. The molecule has 1 aliphatic rings. The van der Waals surface area contributed by atoms with Crippen LogP contribution >= 0.6 is 0 Å². The number of nitrogens with zero attached hydrogens (tertiary/aromatic N) is 2. The van der Waals surface area contributed by atoms with Gasteiger partial charge in [-0.25, -0.2) is 0 Å². The summed E-state index contributed by atoms with van der Waals surface area (Å²) >= 11 is 0. The van der Waals surface area contributed by atoms with Crippen LogP contribution in [0.2, 0.25) is 0 Å². The molecule has 76 valence electrons. The van der Waals surface area contributed by atoms with Gasteiger partial charge in [-0.3, -0.25) is 0 Å². The summed E-state index contributed by atoms with van der Waals surface area (Å²) in [5, 5.41) is 13.6. The van der Waals surface area contributed by atoms with E-state index in [4.69, 9.17) is 5.21 Å². The highest BCUT2D eigenvalue weighted by Crippen LogP contribution is 2.30. The zero-order chi connectivity index (χ0) is 10.4. The van der Waals surface area contributed by atoms with Gasteiger partial charge in [0.25, 0.3) is 0 Å². The lowest BCUT2D eigenvalue weighted by atomic mass is 10.1. The van der Waals surface area contributed by atoms with Gasteiger partial charge in [0, 0.05) is 23.9 Å². The van der Waals surface area contributed by atoms with Gasteiger partial charge >= 0.3 is 0 Å². The molecule has 1 aliphatic heterocycles. The van der Waals surface area contributed by atoms with Gasteiger partial charge in [0.1, 0.15) is 5.71 Å². The van der Waals surface area contributed by atoms with Crippen LogP contribution in [0, 0.1) is 6.92 Å². The molecule has 15 heavy (non-hydrogen) atoms. The molecule has 3 nitrogen and oxygen atoms in total. The molecule has 0 atom stereocenters. The molecule has 0 saturated carbocycles. The Kier molecular flexibility index (Phi) is 1.63. The van der Waals surface area contributed by atoms with Crippen LogP contribution < -0.4 is 0 Å². The second-order valence-corrected chi connectivity index (χ2v) is 3.94. The Bertz CT molecular complexity index is 566. The molecule has 2 heterocycles. The Labute approximate surface area is 87.6 Å². The molecule has 1 aromatic carbocycles. The standard InChI is InChI=1S/C12H12N2O/c1-8-9-4-2-3-5-11(9)14-7-6-10(13-15)12(8)14/h2-5,15H,6-7H2,1H3/b13-10-. The summed E-state index contributed by atoms with van der Waals surface area (Å²) in [6.07, 6.45) is 0.831. The first-order valence-corrected chi connectivity index (χ1v) is 5.12. The molecule has 1 aromatic heterocycles. The Balaban J connectivity index is 2.45. The van der Waals surface area contributed by atoms with Crippen molar-refractivity contribution >= 4 is 16.6 Å². The fraction of sp³-hybridized carbons (Fsp3) is 0.250. The first kappa shape index (κ1) is 8.53. The van der Waals surface area contributed by atoms with Crippen LogP contribution in [0.15, 0.2) is 29.4 Å². The zero-order valence-electron chi connectivity index (χ0n) is 8.57. The second kappa shape index (κ2) is 2.86. The van der Waals surface area contributed by atoms with E-state index in [1.54, 1.807) is 0 Å². The van der Waals surface area contributed by atoms with E-state index in [1.807, 2.05) is 12.1 Å². The average molecular weight is 200 g/mol. The maximum atomic E-state index is 8.94. The van der Waals surface area contributed by atoms with Crippen LogP contribution in [0.4, 0.5) is 0 Å². The van der Waals surface area contributed by atoms with Gasteiger partial charge in [0.05, 0.1) is 5.69 Å². The molecule has 2 aromatic rings. The van der Waals surface area contributed by atoms with Gasteiger partial charge in [-0.1, -0.05) is 23.4 Å². The molecule has 0 unspecified atom stereocenters. The van der Waals surface area contributed by atoms with Gasteiger partial charge in [0.15, 0.2) is 0 Å². The highest BCUT2D eigenvalue weighted by Gasteiger charge is 2.23. The van der Waals surface area contributed by atoms with E-state index < -0.39 is 0 Å². The Hall–Kier alpha value is -1.77. The molecule has 3 heteroatoms. The Morgan fingerprint density at radius 2 is 2.13 bits per heavy atom. The molecular weight excluding hydrogens is 188 g/mol. The van der Waals surface area contributed by atoms with Crippen molar-refractivity contribution in [2.45, 2.75) is 19.9 Å². The lowest BCUT2D eigenvalue weighted by Crippen LogP contribution is -1.96. The number of aromatic nitrogens is 1. The van der Waals surface area contributed by atoms with Gasteiger partial charge in [-0.15, -0.1) is 0 Å². The largest absolute Gasteiger partial charge is 0.411 e. The van der Waals surface area contributed by atoms with Crippen molar-refractivity contribution in [1.29, 1.82) is 0 Å². The molecule has 0 fully saturated rings. The van der Waals surface area contributed by atoms with E-state index >= 15 is 0 Å². The number of benzene rings is 1. The molecule has 1 N–H and O–H groups in total. The van der Waals surface area contributed by atoms with Gasteiger partial charge < -0.3 is 9.77 Å². The summed E-state index contributed by atoms with van der Waals surface area (Å²) in [6, 6.07) is 8.32. The van der Waals surface area contributed by atoms with Crippen molar-refractivity contribution in [2.75, 3.05) is 0 Å². The fourth-order valence-corrected chi connectivity index (χ4v) is 2.51. The second-order valence-electron chi connectivity index (χ2n) is 3.94. The number of rotatable bonds is 0. The monoisotopic (exact) mass is 200 g/mol. The van der Waals surface area contributed by atoms with Gasteiger partial charge in [-0.05, 0) is 18.6 Å². The number of fused-ring (bicyclic) bond motifs is 3. The van der Waals surface area contributed by atoms with Crippen LogP contribution in [-0.4, -0.2) is 15.5 Å². The fourth-order valence-electron chi connectivity index (χ4n) is 2.51. The Morgan fingerprint density at radius 3 is 2.93 bits per heavy atom. The summed E-state index contributed by atoms with van der Waals surface area (Å²) in [5.74, 6) is 0. The Morgan fingerprint density at radius 1 is 1.33 bits per heavy atom. The first-order chi connectivity index (χ1) is 7.33. The van der Waals surface area contributed by atoms with Crippen LogP contribution in [0.25, 0.3) is 10.9 Å². The van der Waals surface area contributed by atoms with Crippen molar-refractivity contribution in [3.8, 4) is 0 Å². The molecule has 0 bridgehead atoms. The highest BCUT2D eigenvalue weighted by atomic mass is 16.4. The smallest absolute Gasteiger partial charge is 0.105 e. The third-order valence-electron chi connectivity index (χ3n) is 3.19. The molecule has 0 amide bonds. The summed E-state index contributed by atoms with van der Waals surface area (Å²) in [5.41, 5.74) is 4.36. The van der Waals surface area contributed by atoms with E-state index in [1.165, 1.54) is 16.5 Å². The first-order valence-electron chi connectivity index (χ1n) is 5.12. The summed E-state index contributed by atoms with van der Waals surface area (Å²) < 4.78 is 2.24. The summed E-state index contributed by atoms with van der Waals surface area (Å²) in [7, 11) is 0. The van der Waals surface area contributed by atoms with Crippen molar-refractivity contribution < 1.29 is 5.21 Å². The number of hydrogen-bond donors (Lipinski definition) is 1. The molecule has 0 radical (unpaired) electrons.